The lowest BCUT2D eigenvalue weighted by molar-refractivity contribution is -0.119. The number of thiophene rings is 1. The lowest BCUT2D eigenvalue weighted by Gasteiger charge is -2.07. The predicted molar refractivity (Wildman–Crippen MR) is 108 cm³/mol. The van der Waals surface area contributed by atoms with Gasteiger partial charge in [-0.05, 0) is 36.8 Å². The highest BCUT2D eigenvalue weighted by molar-refractivity contribution is 7.99. The van der Waals surface area contributed by atoms with E-state index in [0.717, 1.165) is 16.1 Å². The van der Waals surface area contributed by atoms with Gasteiger partial charge in [-0.25, -0.2) is 0 Å². The van der Waals surface area contributed by atoms with Crippen molar-refractivity contribution in [2.24, 2.45) is 0 Å². The van der Waals surface area contributed by atoms with Crippen LogP contribution in [0.15, 0.2) is 41.8 Å². The van der Waals surface area contributed by atoms with E-state index in [1.54, 1.807) is 17.0 Å². The molecule has 27 heavy (non-hydrogen) atoms. The number of ketones is 1. The first kappa shape index (κ1) is 19.6. The molecular formula is C18H17ClN4O2S2. The van der Waals surface area contributed by atoms with E-state index in [1.165, 1.54) is 30.0 Å². The number of carbonyl (C=O) groups excluding carboxylic acids is 2. The van der Waals surface area contributed by atoms with Crippen LogP contribution in [0.1, 0.15) is 27.0 Å². The van der Waals surface area contributed by atoms with Crippen LogP contribution in [0.2, 0.25) is 5.02 Å². The molecule has 2 aromatic heterocycles. The summed E-state index contributed by atoms with van der Waals surface area (Å²) in [5.74, 6) is 0.163. The highest BCUT2D eigenvalue weighted by Crippen LogP contribution is 2.25. The Hall–Kier alpha value is -2.16. The molecule has 1 amide bonds. The van der Waals surface area contributed by atoms with E-state index >= 15 is 0 Å². The SMILES string of the molecule is CC(=O)NCc1ccc(C(=O)CSc2nncn2-c2ccc(C)c(Cl)c2)s1. The smallest absolute Gasteiger partial charge is 0.217 e. The summed E-state index contributed by atoms with van der Waals surface area (Å²) in [6, 6.07) is 9.35. The summed E-state index contributed by atoms with van der Waals surface area (Å²) in [5, 5.41) is 12.1. The largest absolute Gasteiger partial charge is 0.351 e. The number of halogens is 1. The summed E-state index contributed by atoms with van der Waals surface area (Å²) < 4.78 is 1.81. The van der Waals surface area contributed by atoms with Crippen LogP contribution in [-0.2, 0) is 11.3 Å². The van der Waals surface area contributed by atoms with Gasteiger partial charge in [0.05, 0.1) is 22.9 Å². The maximum absolute atomic E-state index is 12.5. The average molecular weight is 421 g/mol. The number of aromatic nitrogens is 3. The summed E-state index contributed by atoms with van der Waals surface area (Å²) in [6.07, 6.45) is 1.60. The summed E-state index contributed by atoms with van der Waals surface area (Å²) >= 11 is 8.91. The first-order valence-corrected chi connectivity index (χ1v) is 10.3. The fourth-order valence-electron chi connectivity index (χ4n) is 2.27. The molecule has 140 valence electrons. The van der Waals surface area contributed by atoms with Crippen molar-refractivity contribution in [3.8, 4) is 5.69 Å². The lowest BCUT2D eigenvalue weighted by atomic mass is 10.2. The number of nitrogens with one attached hydrogen (secondary N) is 1. The van der Waals surface area contributed by atoms with Crippen LogP contribution in [0, 0.1) is 6.92 Å². The van der Waals surface area contributed by atoms with Gasteiger partial charge in [-0.3, -0.25) is 14.2 Å². The van der Waals surface area contributed by atoms with Crippen molar-refractivity contribution < 1.29 is 9.59 Å². The van der Waals surface area contributed by atoms with Crippen LogP contribution in [-0.4, -0.2) is 32.2 Å². The highest BCUT2D eigenvalue weighted by atomic mass is 35.5. The van der Waals surface area contributed by atoms with Crippen LogP contribution in [0.5, 0.6) is 0 Å². The molecule has 0 aliphatic rings. The predicted octanol–water partition coefficient (Wildman–Crippen LogP) is 3.90. The molecule has 6 nitrogen and oxygen atoms in total. The van der Waals surface area contributed by atoms with Crippen molar-refractivity contribution in [1.82, 2.24) is 20.1 Å². The number of Topliss-reactive ketones (excluding diaryl/α,β-unsaturated/α-hetero) is 1. The van der Waals surface area contributed by atoms with Crippen molar-refractivity contribution in [3.63, 3.8) is 0 Å². The number of carbonyl (C=O) groups is 2. The molecule has 0 saturated carbocycles. The number of aryl methyl sites for hydroxylation is 1. The van der Waals surface area contributed by atoms with E-state index in [9.17, 15) is 9.59 Å². The van der Waals surface area contributed by atoms with Crippen molar-refractivity contribution in [2.75, 3.05) is 5.75 Å². The Morgan fingerprint density at radius 1 is 1.30 bits per heavy atom. The minimum absolute atomic E-state index is 0.00978. The number of amides is 1. The van der Waals surface area contributed by atoms with Crippen LogP contribution in [0.4, 0.5) is 0 Å². The lowest BCUT2D eigenvalue weighted by Crippen LogP contribution is -2.18. The molecule has 9 heteroatoms. The minimum atomic E-state index is -0.0950. The summed E-state index contributed by atoms with van der Waals surface area (Å²) in [6.45, 7) is 3.84. The molecule has 0 saturated heterocycles. The van der Waals surface area contributed by atoms with Gasteiger partial charge in [-0.15, -0.1) is 21.5 Å². The van der Waals surface area contributed by atoms with Crippen molar-refractivity contribution in [3.05, 3.63) is 57.0 Å². The van der Waals surface area contributed by atoms with E-state index in [-0.39, 0.29) is 17.4 Å². The molecule has 0 fully saturated rings. The average Bonchev–Trinajstić information content (AvgIpc) is 3.29. The number of benzene rings is 1. The first-order valence-electron chi connectivity index (χ1n) is 8.09. The Morgan fingerprint density at radius 3 is 2.85 bits per heavy atom. The summed E-state index contributed by atoms with van der Waals surface area (Å²) in [7, 11) is 0. The van der Waals surface area contributed by atoms with E-state index in [1.807, 2.05) is 31.2 Å². The number of nitrogens with zero attached hydrogens (tertiary/aromatic N) is 3. The molecule has 0 aliphatic heterocycles. The van der Waals surface area contributed by atoms with Gasteiger partial charge in [0.1, 0.15) is 6.33 Å². The van der Waals surface area contributed by atoms with E-state index < -0.39 is 0 Å². The van der Waals surface area contributed by atoms with Gasteiger partial charge in [0, 0.05) is 16.8 Å². The second-order valence-electron chi connectivity index (χ2n) is 5.80. The number of hydrogen-bond donors (Lipinski definition) is 1. The van der Waals surface area contributed by atoms with Gasteiger partial charge in [0.15, 0.2) is 10.9 Å². The Kier molecular flexibility index (Phi) is 6.30. The maximum atomic E-state index is 12.5. The van der Waals surface area contributed by atoms with Gasteiger partial charge in [0.25, 0.3) is 0 Å². The van der Waals surface area contributed by atoms with E-state index in [0.29, 0.717) is 21.6 Å². The molecule has 0 radical (unpaired) electrons. The number of hydrogen-bond acceptors (Lipinski definition) is 6. The molecule has 3 aromatic rings. The Morgan fingerprint density at radius 2 is 2.11 bits per heavy atom. The van der Waals surface area contributed by atoms with Crippen molar-refractivity contribution in [1.29, 1.82) is 0 Å². The summed E-state index contributed by atoms with van der Waals surface area (Å²) in [5.41, 5.74) is 1.84. The van der Waals surface area contributed by atoms with Crippen LogP contribution in [0.25, 0.3) is 5.69 Å². The maximum Gasteiger partial charge on any atom is 0.217 e. The fraction of sp³-hybridized carbons (Fsp3) is 0.222. The molecular weight excluding hydrogens is 404 g/mol. The third-order valence-electron chi connectivity index (χ3n) is 3.73. The topological polar surface area (TPSA) is 76.9 Å². The number of thioether (sulfide) groups is 1. The third-order valence-corrected chi connectivity index (χ3v) is 6.21. The monoisotopic (exact) mass is 420 g/mol. The molecule has 1 N–H and O–H groups in total. The van der Waals surface area contributed by atoms with Crippen molar-refractivity contribution in [2.45, 2.75) is 25.5 Å². The molecule has 0 unspecified atom stereocenters. The van der Waals surface area contributed by atoms with Crippen molar-refractivity contribution >= 4 is 46.4 Å². The number of rotatable bonds is 7. The molecule has 0 atom stereocenters. The standard InChI is InChI=1S/C18H17ClN4O2S2/c1-11-3-4-13(7-15(11)19)23-10-21-22-18(23)26-9-16(25)17-6-5-14(27-17)8-20-12(2)24/h3-7,10H,8-9H2,1-2H3,(H,20,24). The minimum Gasteiger partial charge on any atom is -0.351 e. The zero-order chi connectivity index (χ0) is 19.4. The van der Waals surface area contributed by atoms with Gasteiger partial charge >= 0.3 is 0 Å². The molecule has 0 bridgehead atoms. The molecule has 0 spiro atoms. The van der Waals surface area contributed by atoms with Gasteiger partial charge in [0.2, 0.25) is 5.91 Å². The second-order valence-corrected chi connectivity index (χ2v) is 8.32. The zero-order valence-electron chi connectivity index (χ0n) is 14.7. The van der Waals surface area contributed by atoms with Crippen LogP contribution < -0.4 is 5.32 Å². The molecule has 1 aromatic carbocycles. The summed E-state index contributed by atoms with van der Waals surface area (Å²) in [4.78, 5) is 25.0. The van der Waals surface area contributed by atoms with E-state index in [4.69, 9.17) is 11.6 Å². The molecule has 0 aliphatic carbocycles. The highest BCUT2D eigenvalue weighted by Gasteiger charge is 2.14. The Bertz CT molecular complexity index is 983. The van der Waals surface area contributed by atoms with Crippen LogP contribution in [0.3, 0.4) is 0 Å². The zero-order valence-corrected chi connectivity index (χ0v) is 17.1. The Balaban J connectivity index is 1.65. The van der Waals surface area contributed by atoms with Gasteiger partial charge in [-0.2, -0.15) is 0 Å². The third kappa shape index (κ3) is 4.97. The van der Waals surface area contributed by atoms with E-state index in [2.05, 4.69) is 15.5 Å². The Labute approximate surface area is 170 Å². The molecule has 3 rings (SSSR count). The fourth-order valence-corrected chi connectivity index (χ4v) is 4.23. The quantitative estimate of drug-likeness (QED) is 0.463. The molecule has 2 heterocycles. The van der Waals surface area contributed by atoms with Gasteiger partial charge < -0.3 is 5.32 Å². The van der Waals surface area contributed by atoms with Crippen LogP contribution >= 0.6 is 34.7 Å². The first-order chi connectivity index (χ1) is 12.9. The normalized spacial score (nSPS) is 10.8. The second kappa shape index (κ2) is 8.69. The van der Waals surface area contributed by atoms with Gasteiger partial charge in [-0.1, -0.05) is 29.4 Å².